The van der Waals surface area contributed by atoms with E-state index in [9.17, 15) is 0 Å². The molecule has 1 aromatic rings. The van der Waals surface area contributed by atoms with E-state index in [-0.39, 0.29) is 0 Å². The average Bonchev–Trinajstić information content (AvgIpc) is 2.42. The molecule has 2 heteroatoms. The first-order chi connectivity index (χ1) is 8.79. The quantitative estimate of drug-likeness (QED) is 0.500. The molecule has 0 bridgehead atoms. The number of rotatable bonds is 5. The molecule has 2 rings (SSSR count). The summed E-state index contributed by atoms with van der Waals surface area (Å²) >= 11 is 8.44. The summed E-state index contributed by atoms with van der Waals surface area (Å²) in [5, 5.41) is 0.421. The summed E-state index contributed by atoms with van der Waals surface area (Å²) in [6.07, 6.45) is 6.50. The lowest BCUT2D eigenvalue weighted by atomic mass is 9.79. The number of alkyl halides is 1. The van der Waals surface area contributed by atoms with Gasteiger partial charge in [0.1, 0.15) is 0 Å². The van der Waals surface area contributed by atoms with Crippen molar-refractivity contribution in [2.24, 2.45) is 11.8 Å². The maximum Gasteiger partial charge on any atom is 0.0364 e. The fourth-order valence-corrected chi connectivity index (χ4v) is 4.20. The Labute approximate surface area is 121 Å². The maximum absolute atomic E-state index is 6.48. The van der Waals surface area contributed by atoms with E-state index < -0.39 is 0 Å². The Morgan fingerprint density at radius 1 is 1.22 bits per heavy atom. The minimum absolute atomic E-state index is 0.421. The van der Waals surface area contributed by atoms with Crippen LogP contribution in [-0.2, 0) is 0 Å². The van der Waals surface area contributed by atoms with E-state index in [0.717, 1.165) is 11.8 Å². The Balaban J connectivity index is 1.75. The third kappa shape index (κ3) is 4.20. The van der Waals surface area contributed by atoms with Gasteiger partial charge in [-0.25, -0.2) is 0 Å². The van der Waals surface area contributed by atoms with Crippen molar-refractivity contribution in [3.05, 3.63) is 30.3 Å². The molecule has 100 valence electrons. The molecule has 3 atom stereocenters. The van der Waals surface area contributed by atoms with Crippen LogP contribution in [0.3, 0.4) is 0 Å². The second-order valence-corrected chi connectivity index (χ2v) is 7.04. The van der Waals surface area contributed by atoms with E-state index in [0.29, 0.717) is 5.38 Å². The second-order valence-electron chi connectivity index (χ2n) is 5.31. The van der Waals surface area contributed by atoms with Crippen LogP contribution in [0.4, 0.5) is 0 Å². The molecule has 0 amide bonds. The second kappa shape index (κ2) is 7.45. The van der Waals surface area contributed by atoms with Crippen LogP contribution in [0.5, 0.6) is 0 Å². The molecule has 0 N–H and O–H groups in total. The molecule has 1 aromatic carbocycles. The Kier molecular flexibility index (Phi) is 5.91. The van der Waals surface area contributed by atoms with Gasteiger partial charge in [-0.05, 0) is 55.4 Å². The summed E-state index contributed by atoms with van der Waals surface area (Å²) in [5.41, 5.74) is 0. The normalized spacial score (nSPS) is 28.2. The fraction of sp³-hybridized carbons (Fsp3) is 0.625. The van der Waals surface area contributed by atoms with Crippen molar-refractivity contribution >= 4 is 23.4 Å². The fourth-order valence-electron chi connectivity index (χ4n) is 2.84. The smallest absolute Gasteiger partial charge is 0.0364 e. The van der Waals surface area contributed by atoms with Crippen LogP contribution in [0.2, 0.25) is 0 Å². The Morgan fingerprint density at radius 3 is 2.72 bits per heavy atom. The number of hydrogen-bond donors (Lipinski definition) is 0. The molecule has 0 nitrogen and oxygen atoms in total. The molecule has 1 aliphatic carbocycles. The van der Waals surface area contributed by atoms with E-state index in [1.165, 1.54) is 42.8 Å². The van der Waals surface area contributed by atoms with E-state index >= 15 is 0 Å². The molecule has 1 saturated carbocycles. The lowest BCUT2D eigenvalue weighted by molar-refractivity contribution is 0.262. The first-order valence-electron chi connectivity index (χ1n) is 7.11. The highest BCUT2D eigenvalue weighted by atomic mass is 35.5. The van der Waals surface area contributed by atoms with E-state index in [1.807, 2.05) is 11.8 Å². The summed E-state index contributed by atoms with van der Waals surface area (Å²) < 4.78 is 0. The summed E-state index contributed by atoms with van der Waals surface area (Å²) in [6, 6.07) is 10.7. The van der Waals surface area contributed by atoms with Gasteiger partial charge in [-0.2, -0.15) is 0 Å². The standard InChI is InChI=1S/C16H23ClS/c1-2-13-8-9-16(17)14(12-13)10-11-18-15-6-4-3-5-7-15/h3-7,13-14,16H,2,8-12H2,1H3. The van der Waals surface area contributed by atoms with Crippen molar-refractivity contribution in [2.75, 3.05) is 5.75 Å². The monoisotopic (exact) mass is 282 g/mol. The third-order valence-electron chi connectivity index (χ3n) is 4.08. The van der Waals surface area contributed by atoms with Crippen molar-refractivity contribution in [1.29, 1.82) is 0 Å². The summed E-state index contributed by atoms with van der Waals surface area (Å²) in [6.45, 7) is 2.31. The minimum atomic E-state index is 0.421. The average molecular weight is 283 g/mol. The van der Waals surface area contributed by atoms with Crippen molar-refractivity contribution in [3.63, 3.8) is 0 Å². The van der Waals surface area contributed by atoms with Crippen LogP contribution in [0.1, 0.15) is 39.0 Å². The van der Waals surface area contributed by atoms with Gasteiger partial charge in [0.2, 0.25) is 0 Å². The molecule has 0 radical (unpaired) electrons. The molecule has 1 fully saturated rings. The Morgan fingerprint density at radius 2 is 2.00 bits per heavy atom. The van der Waals surface area contributed by atoms with Crippen molar-refractivity contribution < 1.29 is 0 Å². The number of halogens is 1. The van der Waals surface area contributed by atoms with Gasteiger partial charge < -0.3 is 0 Å². The molecule has 3 unspecified atom stereocenters. The summed E-state index contributed by atoms with van der Waals surface area (Å²) in [4.78, 5) is 1.38. The van der Waals surface area contributed by atoms with Gasteiger partial charge in [0.15, 0.2) is 0 Å². The zero-order valence-corrected chi connectivity index (χ0v) is 12.7. The summed E-state index contributed by atoms with van der Waals surface area (Å²) in [5.74, 6) is 2.86. The van der Waals surface area contributed by atoms with Crippen LogP contribution in [0, 0.1) is 11.8 Å². The first kappa shape index (κ1) is 14.3. The molecule has 18 heavy (non-hydrogen) atoms. The molecule has 0 aliphatic heterocycles. The van der Waals surface area contributed by atoms with Crippen molar-refractivity contribution in [3.8, 4) is 0 Å². The number of thioether (sulfide) groups is 1. The molecule has 0 saturated heterocycles. The van der Waals surface area contributed by atoms with Crippen LogP contribution in [-0.4, -0.2) is 11.1 Å². The zero-order valence-electron chi connectivity index (χ0n) is 11.1. The Bertz CT molecular complexity index is 338. The zero-order chi connectivity index (χ0) is 12.8. The summed E-state index contributed by atoms with van der Waals surface area (Å²) in [7, 11) is 0. The van der Waals surface area contributed by atoms with Gasteiger partial charge in [-0.3, -0.25) is 0 Å². The van der Waals surface area contributed by atoms with Gasteiger partial charge in [-0.1, -0.05) is 31.5 Å². The van der Waals surface area contributed by atoms with Gasteiger partial charge in [0.05, 0.1) is 0 Å². The third-order valence-corrected chi connectivity index (χ3v) is 5.70. The molecule has 0 aromatic heterocycles. The lowest BCUT2D eigenvalue weighted by Gasteiger charge is -2.32. The van der Waals surface area contributed by atoms with Crippen LogP contribution in [0.15, 0.2) is 35.2 Å². The van der Waals surface area contributed by atoms with Crippen molar-refractivity contribution in [1.82, 2.24) is 0 Å². The molecule has 1 aliphatic rings. The number of benzene rings is 1. The first-order valence-corrected chi connectivity index (χ1v) is 8.53. The van der Waals surface area contributed by atoms with Gasteiger partial charge in [-0.15, -0.1) is 23.4 Å². The predicted molar refractivity (Wildman–Crippen MR) is 82.5 cm³/mol. The highest BCUT2D eigenvalue weighted by molar-refractivity contribution is 7.99. The lowest BCUT2D eigenvalue weighted by Crippen LogP contribution is -2.25. The van der Waals surface area contributed by atoms with Crippen LogP contribution in [0.25, 0.3) is 0 Å². The number of hydrogen-bond acceptors (Lipinski definition) is 1. The van der Waals surface area contributed by atoms with E-state index in [4.69, 9.17) is 11.6 Å². The predicted octanol–water partition coefficient (Wildman–Crippen LogP) is 5.60. The Hall–Kier alpha value is -0.140. The minimum Gasteiger partial charge on any atom is -0.126 e. The van der Waals surface area contributed by atoms with Gasteiger partial charge >= 0.3 is 0 Å². The van der Waals surface area contributed by atoms with E-state index in [2.05, 4.69) is 37.3 Å². The highest BCUT2D eigenvalue weighted by Gasteiger charge is 2.27. The van der Waals surface area contributed by atoms with Crippen LogP contribution < -0.4 is 0 Å². The SMILES string of the molecule is CCC1CCC(Cl)C(CCSc2ccccc2)C1. The molecule has 0 heterocycles. The van der Waals surface area contributed by atoms with E-state index in [1.54, 1.807) is 0 Å². The van der Waals surface area contributed by atoms with Gasteiger partial charge in [0.25, 0.3) is 0 Å². The molecular formula is C16H23ClS. The maximum atomic E-state index is 6.48. The largest absolute Gasteiger partial charge is 0.126 e. The van der Waals surface area contributed by atoms with Gasteiger partial charge in [0, 0.05) is 10.3 Å². The topological polar surface area (TPSA) is 0 Å². The molecular weight excluding hydrogens is 260 g/mol. The van der Waals surface area contributed by atoms with Crippen molar-refractivity contribution in [2.45, 2.75) is 49.3 Å². The highest BCUT2D eigenvalue weighted by Crippen LogP contribution is 2.37. The van der Waals surface area contributed by atoms with Crippen LogP contribution >= 0.6 is 23.4 Å². The molecule has 0 spiro atoms.